The van der Waals surface area contributed by atoms with Gasteiger partial charge in [-0.15, -0.1) is 0 Å². The molecule has 4 aliphatic rings. The van der Waals surface area contributed by atoms with Gasteiger partial charge in [-0.05, 0) is 85.7 Å². The van der Waals surface area contributed by atoms with Gasteiger partial charge in [-0.3, -0.25) is 29.5 Å². The summed E-state index contributed by atoms with van der Waals surface area (Å²) in [7, 11) is 1.55. The summed E-state index contributed by atoms with van der Waals surface area (Å²) in [6, 6.07) is 16.8. The van der Waals surface area contributed by atoms with E-state index in [2.05, 4.69) is 5.43 Å². The Labute approximate surface area is 299 Å². The van der Waals surface area contributed by atoms with Crippen molar-refractivity contribution in [2.24, 2.45) is 23.7 Å². The van der Waals surface area contributed by atoms with Gasteiger partial charge in [0.2, 0.25) is 11.8 Å². The number of hydrogen-bond acceptors (Lipinski definition) is 8. The first kappa shape index (κ1) is 33.9. The second-order valence-corrected chi connectivity index (χ2v) is 14.0. The molecule has 3 aromatic rings. The number of carbonyl (C=O) groups excluding carboxylic acids is 4. The third-order valence-corrected chi connectivity index (χ3v) is 11.3. The Bertz CT molecular complexity index is 1930. The van der Waals surface area contributed by atoms with Gasteiger partial charge in [0.15, 0.2) is 11.5 Å². The number of imide groups is 2. The Balaban J connectivity index is 1.47. The van der Waals surface area contributed by atoms with Crippen LogP contribution < -0.4 is 14.9 Å². The van der Waals surface area contributed by atoms with E-state index in [4.69, 9.17) is 32.7 Å². The van der Waals surface area contributed by atoms with Crippen molar-refractivity contribution in [2.45, 2.75) is 44.4 Å². The zero-order chi connectivity index (χ0) is 35.5. The van der Waals surface area contributed by atoms with Crippen LogP contribution in [-0.2, 0) is 24.6 Å². The molecule has 2 N–H and O–H groups in total. The van der Waals surface area contributed by atoms with E-state index in [-0.39, 0.29) is 41.4 Å². The monoisotopic (exact) mass is 717 g/mol. The molecule has 2 saturated heterocycles. The summed E-state index contributed by atoms with van der Waals surface area (Å²) in [4.78, 5) is 59.1. The molecular formula is C38H37Cl2N3O7. The van der Waals surface area contributed by atoms with Crippen molar-refractivity contribution in [1.29, 1.82) is 0 Å². The van der Waals surface area contributed by atoms with Crippen molar-refractivity contribution in [1.82, 2.24) is 9.91 Å². The van der Waals surface area contributed by atoms with Crippen LogP contribution in [0.3, 0.4) is 0 Å². The summed E-state index contributed by atoms with van der Waals surface area (Å²) < 4.78 is 11.3. The van der Waals surface area contributed by atoms with Crippen LogP contribution >= 0.6 is 23.2 Å². The first-order chi connectivity index (χ1) is 24.1. The van der Waals surface area contributed by atoms with Gasteiger partial charge < -0.3 is 14.6 Å². The molecule has 3 aromatic carbocycles. The lowest BCUT2D eigenvalue weighted by Crippen LogP contribution is -2.53. The van der Waals surface area contributed by atoms with Crippen molar-refractivity contribution in [2.75, 3.05) is 25.7 Å². The number of ether oxygens (including phenoxy) is 2. The summed E-state index contributed by atoms with van der Waals surface area (Å²) >= 11 is 12.7. The minimum Gasteiger partial charge on any atom is -0.504 e. The maximum absolute atomic E-state index is 15.3. The van der Waals surface area contributed by atoms with Gasteiger partial charge in [-0.1, -0.05) is 60.0 Å². The number of nitrogens with zero attached hydrogens (tertiary/aromatic N) is 2. The van der Waals surface area contributed by atoms with Gasteiger partial charge in [0.1, 0.15) is 5.75 Å². The topological polar surface area (TPSA) is 125 Å². The van der Waals surface area contributed by atoms with Gasteiger partial charge >= 0.3 is 0 Å². The third-order valence-electron chi connectivity index (χ3n) is 10.7. The molecule has 12 heteroatoms. The van der Waals surface area contributed by atoms with Crippen molar-refractivity contribution < 1.29 is 33.8 Å². The van der Waals surface area contributed by atoms with Crippen LogP contribution in [0, 0.1) is 23.7 Å². The van der Waals surface area contributed by atoms with E-state index in [1.54, 1.807) is 62.6 Å². The highest BCUT2D eigenvalue weighted by atomic mass is 35.5. The van der Waals surface area contributed by atoms with Gasteiger partial charge in [-0.2, -0.15) is 5.01 Å². The largest absolute Gasteiger partial charge is 0.504 e. The lowest BCUT2D eigenvalue weighted by molar-refractivity contribution is -0.141. The van der Waals surface area contributed by atoms with Crippen LogP contribution in [0.4, 0.5) is 5.69 Å². The zero-order valence-electron chi connectivity index (χ0n) is 27.8. The summed E-state index contributed by atoms with van der Waals surface area (Å²) in [6.07, 6.45) is 3.10. The molecule has 2 aliphatic heterocycles. The minimum atomic E-state index is -1.51. The number of halogens is 2. The maximum atomic E-state index is 15.3. The Kier molecular flexibility index (Phi) is 8.80. The predicted molar refractivity (Wildman–Crippen MR) is 187 cm³/mol. The quantitative estimate of drug-likeness (QED) is 0.190. The van der Waals surface area contributed by atoms with Crippen molar-refractivity contribution >= 4 is 52.5 Å². The number of nitrogens with one attached hydrogen (secondary N) is 1. The Morgan fingerprint density at radius 1 is 0.940 bits per heavy atom. The number of carbonyl (C=O) groups is 4. The molecule has 0 radical (unpaired) electrons. The molecule has 50 heavy (non-hydrogen) atoms. The summed E-state index contributed by atoms with van der Waals surface area (Å²) in [5.41, 5.74) is 3.79. The number of fused-ring (bicyclic) bond motifs is 4. The number of aromatic hydroxyl groups is 1. The van der Waals surface area contributed by atoms with Crippen molar-refractivity contribution in [3.8, 4) is 17.2 Å². The molecule has 1 saturated carbocycles. The number of hydrazine groups is 1. The minimum absolute atomic E-state index is 0.0723. The van der Waals surface area contributed by atoms with E-state index in [0.717, 1.165) is 10.6 Å². The fraction of sp³-hybridized carbons (Fsp3) is 0.368. The molecule has 6 unspecified atom stereocenters. The molecule has 0 bridgehead atoms. The predicted octanol–water partition coefficient (Wildman–Crippen LogP) is 6.50. The molecule has 6 atom stereocenters. The van der Waals surface area contributed by atoms with E-state index in [1.807, 2.05) is 13.0 Å². The Hall–Kier alpha value is -4.54. The SMILES string of the molecule is CCCN1C(=O)C2CC=C3C(CC4C(=O)N(Nc5ccc(Cl)cc5Cl)C(=O)C4(c4ccc(OC)cc4)C3c3ccc(O)c(OCC)c3)C2C1=O. The van der Waals surface area contributed by atoms with E-state index in [9.17, 15) is 19.5 Å². The van der Waals surface area contributed by atoms with Crippen LogP contribution in [0.5, 0.6) is 17.2 Å². The lowest BCUT2D eigenvalue weighted by Gasteiger charge is -2.50. The smallest absolute Gasteiger partial charge is 0.260 e. The molecule has 2 aliphatic carbocycles. The summed E-state index contributed by atoms with van der Waals surface area (Å²) in [5.74, 6) is -4.19. The van der Waals surface area contributed by atoms with Crippen LogP contribution in [0.1, 0.15) is 50.2 Å². The van der Waals surface area contributed by atoms with Crippen LogP contribution in [0.15, 0.2) is 72.3 Å². The number of anilines is 1. The standard InChI is InChI=1S/C38H37Cl2N3O7/c1-4-16-42-34(45)25-13-12-24-26(32(25)36(42)47)19-27-35(46)43(41-29-14-9-22(39)18-28(29)40)37(48)38(27,21-7-10-23(49-3)11-8-21)33(24)20-6-15-30(44)31(17-20)50-5-2/h6-12,14-15,17-18,25-27,32-33,41,44H,4-5,13,16,19H2,1-3H3. The van der Waals surface area contributed by atoms with Crippen LogP contribution in [0.25, 0.3) is 0 Å². The number of amides is 4. The lowest BCUT2D eigenvalue weighted by atomic mass is 9.49. The van der Waals surface area contributed by atoms with Gasteiger partial charge in [0, 0.05) is 17.5 Å². The molecular weight excluding hydrogens is 681 g/mol. The number of allylic oxidation sites excluding steroid dienone is 2. The Morgan fingerprint density at radius 3 is 2.38 bits per heavy atom. The second-order valence-electron chi connectivity index (χ2n) is 13.2. The van der Waals surface area contributed by atoms with Crippen molar-refractivity contribution in [3.05, 3.63) is 93.5 Å². The normalized spacial score (nSPS) is 27.1. The van der Waals surface area contributed by atoms with E-state index in [1.165, 1.54) is 17.0 Å². The molecule has 10 nitrogen and oxygen atoms in total. The van der Waals surface area contributed by atoms with Gasteiger partial charge in [0.05, 0.1) is 47.6 Å². The molecule has 260 valence electrons. The summed E-state index contributed by atoms with van der Waals surface area (Å²) in [5, 5.41) is 12.4. The summed E-state index contributed by atoms with van der Waals surface area (Å²) in [6.45, 7) is 4.33. The average molecular weight is 719 g/mol. The number of hydrogen-bond donors (Lipinski definition) is 2. The highest BCUT2D eigenvalue weighted by Crippen LogP contribution is 2.64. The van der Waals surface area contributed by atoms with Crippen molar-refractivity contribution in [3.63, 3.8) is 0 Å². The molecule has 0 aromatic heterocycles. The van der Waals surface area contributed by atoms with Gasteiger partial charge in [-0.25, -0.2) is 0 Å². The number of rotatable bonds is 9. The van der Waals surface area contributed by atoms with Crippen LogP contribution in [-0.4, -0.2) is 58.9 Å². The number of phenols is 1. The molecule has 2 heterocycles. The van der Waals surface area contributed by atoms with E-state index in [0.29, 0.717) is 47.0 Å². The number of likely N-dealkylation sites (tertiary alicyclic amines) is 1. The highest BCUT2D eigenvalue weighted by Gasteiger charge is 2.70. The molecule has 0 spiro atoms. The fourth-order valence-corrected chi connectivity index (χ4v) is 9.16. The molecule has 7 rings (SSSR count). The number of methoxy groups -OCH3 is 1. The first-order valence-corrected chi connectivity index (χ1v) is 17.6. The zero-order valence-corrected chi connectivity index (χ0v) is 29.3. The molecule has 3 fully saturated rings. The third kappa shape index (κ3) is 5.06. The van der Waals surface area contributed by atoms with E-state index < -0.39 is 46.8 Å². The van der Waals surface area contributed by atoms with Gasteiger partial charge in [0.25, 0.3) is 11.8 Å². The first-order valence-electron chi connectivity index (χ1n) is 16.8. The highest BCUT2D eigenvalue weighted by molar-refractivity contribution is 6.36. The number of phenolic OH excluding ortho intramolecular Hbond substituents is 1. The molecule has 4 amide bonds. The Morgan fingerprint density at radius 2 is 1.70 bits per heavy atom. The number of benzene rings is 3. The average Bonchev–Trinajstić information content (AvgIpc) is 3.48. The second kappa shape index (κ2) is 13.0. The van der Waals surface area contributed by atoms with Crippen LogP contribution in [0.2, 0.25) is 10.0 Å². The van der Waals surface area contributed by atoms with E-state index >= 15 is 4.79 Å². The fourth-order valence-electron chi connectivity index (χ4n) is 8.71. The maximum Gasteiger partial charge on any atom is 0.260 e.